The van der Waals surface area contributed by atoms with Crippen molar-refractivity contribution in [2.75, 3.05) is 0 Å². The highest BCUT2D eigenvalue weighted by Crippen LogP contribution is 2.55. The molecule has 10 heteroatoms. The van der Waals surface area contributed by atoms with Crippen LogP contribution in [0.2, 0.25) is 0 Å². The highest BCUT2D eigenvalue weighted by Gasteiger charge is 2.38. The summed E-state index contributed by atoms with van der Waals surface area (Å²) < 4.78 is 0. The minimum Gasteiger partial charge on any atom is -0.256 e. The Morgan fingerprint density at radius 2 is 0.778 bits per heavy atom. The SMILES string of the molecule is N#CC1=C(c2ccccn2)/C(=C(/C#N)c2cc(C#N)cc(C#N)c2)c2cc3c(cc21)/C(=C(\C#N)c1cc(C#N)cc(C#N)c1)C(c1ccccn1)=C3C#N. The molecule has 7 rings (SSSR count). The maximum Gasteiger partial charge on any atom is 0.101 e. The number of allylic oxidation sites excluding steroid dienone is 8. The lowest BCUT2D eigenvalue weighted by Gasteiger charge is -2.14. The largest absolute Gasteiger partial charge is 0.256 e. The van der Waals surface area contributed by atoms with Gasteiger partial charge < -0.3 is 0 Å². The molecule has 2 aliphatic rings. The van der Waals surface area contributed by atoms with Gasteiger partial charge in [0.05, 0.1) is 80.2 Å². The van der Waals surface area contributed by atoms with Gasteiger partial charge in [0.2, 0.25) is 0 Å². The van der Waals surface area contributed by atoms with Gasteiger partial charge in [0.25, 0.3) is 0 Å². The Morgan fingerprint density at radius 3 is 1.06 bits per heavy atom. The number of nitrogens with zero attached hydrogens (tertiary/aromatic N) is 10. The zero-order valence-corrected chi connectivity index (χ0v) is 27.7. The summed E-state index contributed by atoms with van der Waals surface area (Å²) in [7, 11) is 0. The molecule has 0 aliphatic heterocycles. The maximum absolute atomic E-state index is 10.8. The van der Waals surface area contributed by atoms with E-state index in [-0.39, 0.29) is 55.7 Å². The molecule has 0 bridgehead atoms. The molecule has 2 aliphatic carbocycles. The zero-order chi connectivity index (χ0) is 37.9. The summed E-state index contributed by atoms with van der Waals surface area (Å²) in [6, 6.07) is 39.7. The van der Waals surface area contributed by atoms with Crippen molar-refractivity contribution in [1.82, 2.24) is 9.97 Å². The summed E-state index contributed by atoms with van der Waals surface area (Å²) in [5.41, 5.74) is 5.21. The van der Waals surface area contributed by atoms with Gasteiger partial charge in [0.15, 0.2) is 0 Å². The van der Waals surface area contributed by atoms with E-state index in [9.17, 15) is 42.1 Å². The highest BCUT2D eigenvalue weighted by atomic mass is 14.7. The number of aromatic nitrogens is 2. The molecule has 54 heavy (non-hydrogen) atoms. The monoisotopic (exact) mass is 684 g/mol. The maximum atomic E-state index is 10.8. The summed E-state index contributed by atoms with van der Waals surface area (Å²) in [6.07, 6.45) is 3.10. The van der Waals surface area contributed by atoms with Gasteiger partial charge in [-0.05, 0) is 95.1 Å². The summed E-state index contributed by atoms with van der Waals surface area (Å²) in [6.45, 7) is 0. The third kappa shape index (κ3) is 5.31. The van der Waals surface area contributed by atoms with Gasteiger partial charge in [-0.15, -0.1) is 0 Å². The highest BCUT2D eigenvalue weighted by molar-refractivity contribution is 6.34. The first-order valence-electron chi connectivity index (χ1n) is 15.9. The number of benzene rings is 3. The summed E-state index contributed by atoms with van der Waals surface area (Å²) in [4.78, 5) is 9.06. The van der Waals surface area contributed by atoms with Crippen LogP contribution >= 0.6 is 0 Å². The average molecular weight is 685 g/mol. The van der Waals surface area contributed by atoms with Gasteiger partial charge in [0, 0.05) is 45.8 Å². The molecule has 0 unspecified atom stereocenters. The van der Waals surface area contributed by atoms with Crippen molar-refractivity contribution in [3.63, 3.8) is 0 Å². The molecule has 5 aromatic rings. The molecule has 0 saturated carbocycles. The first-order chi connectivity index (χ1) is 26.4. The van der Waals surface area contributed by atoms with Crippen LogP contribution in [0, 0.1) is 90.6 Å². The van der Waals surface area contributed by atoms with Crippen molar-refractivity contribution in [3.05, 3.63) is 164 Å². The number of fused-ring (bicyclic) bond motifs is 2. The number of nitriles is 8. The number of hydrogen-bond acceptors (Lipinski definition) is 10. The van der Waals surface area contributed by atoms with Crippen LogP contribution in [0.5, 0.6) is 0 Å². The summed E-state index contributed by atoms with van der Waals surface area (Å²) >= 11 is 0. The Labute approximate surface area is 308 Å². The normalized spacial score (nSPS) is 14.1. The predicted molar refractivity (Wildman–Crippen MR) is 196 cm³/mol. The van der Waals surface area contributed by atoms with E-state index in [1.165, 1.54) is 36.4 Å². The first kappa shape index (κ1) is 33.3. The van der Waals surface area contributed by atoms with Crippen molar-refractivity contribution in [1.29, 1.82) is 42.1 Å². The molecular weight excluding hydrogens is 669 g/mol. The fourth-order valence-corrected chi connectivity index (χ4v) is 6.83. The number of rotatable bonds is 4. The molecule has 0 spiro atoms. The van der Waals surface area contributed by atoms with Crippen LogP contribution in [0.15, 0.2) is 97.3 Å². The van der Waals surface area contributed by atoms with Gasteiger partial charge in [-0.25, -0.2) is 0 Å². The lowest BCUT2D eigenvalue weighted by atomic mass is 9.87. The molecule has 3 aromatic carbocycles. The Balaban J connectivity index is 1.66. The summed E-state index contributed by atoms with van der Waals surface area (Å²) in [5, 5.41) is 82.3. The van der Waals surface area contributed by atoms with E-state index in [0.717, 1.165) is 0 Å². The van der Waals surface area contributed by atoms with E-state index >= 15 is 0 Å². The second-order valence-corrected chi connectivity index (χ2v) is 11.9. The van der Waals surface area contributed by atoms with Crippen LogP contribution in [0.4, 0.5) is 0 Å². The van der Waals surface area contributed by atoms with E-state index in [4.69, 9.17) is 0 Å². The number of pyridine rings is 2. The van der Waals surface area contributed by atoms with Crippen molar-refractivity contribution >= 4 is 44.6 Å². The Morgan fingerprint density at radius 1 is 0.407 bits per heavy atom. The van der Waals surface area contributed by atoms with E-state index in [2.05, 4.69) is 34.2 Å². The third-order valence-electron chi connectivity index (χ3n) is 8.98. The van der Waals surface area contributed by atoms with Gasteiger partial charge >= 0.3 is 0 Å². The molecule has 10 nitrogen and oxygen atoms in total. The molecule has 0 fully saturated rings. The van der Waals surface area contributed by atoms with Crippen LogP contribution in [-0.2, 0) is 0 Å². The molecule has 0 radical (unpaired) electrons. The lowest BCUT2D eigenvalue weighted by Crippen LogP contribution is -1.98. The smallest absolute Gasteiger partial charge is 0.101 e. The van der Waals surface area contributed by atoms with Crippen molar-refractivity contribution in [2.24, 2.45) is 0 Å². The minimum absolute atomic E-state index is 0.0620. The molecular formula is C44H16N10. The molecule has 2 heterocycles. The standard InChI is InChI=1S/C44H16N10/c45-17-25-9-26(18-46)12-29(11-25)35(21-49)41-33-16-32-34(15-31(33)37(23-51)43(41)39-5-1-3-7-53-39)42(44(38(32)24-52)40-6-2-4-8-54-40)36(22-50)30-13-27(19-47)10-28(14-30)20-48/h1-16H/b41-35-,42-36-. The minimum atomic E-state index is 0.0620. The third-order valence-corrected chi connectivity index (χ3v) is 8.98. The van der Waals surface area contributed by atoms with Crippen LogP contribution in [0.1, 0.15) is 67.0 Å². The Bertz CT molecular complexity index is 2730. The molecule has 0 atom stereocenters. The van der Waals surface area contributed by atoms with Gasteiger partial charge in [-0.1, -0.05) is 12.1 Å². The second kappa shape index (κ2) is 13.6. The molecule has 0 N–H and O–H groups in total. The van der Waals surface area contributed by atoms with Crippen LogP contribution in [0.25, 0.3) is 44.6 Å². The van der Waals surface area contributed by atoms with Crippen LogP contribution in [-0.4, -0.2) is 9.97 Å². The van der Waals surface area contributed by atoms with Crippen molar-refractivity contribution in [2.45, 2.75) is 0 Å². The van der Waals surface area contributed by atoms with E-state index in [0.29, 0.717) is 55.9 Å². The summed E-state index contributed by atoms with van der Waals surface area (Å²) in [5.74, 6) is 0. The van der Waals surface area contributed by atoms with Crippen molar-refractivity contribution in [3.8, 4) is 48.6 Å². The molecule has 242 valence electrons. The molecule has 2 aromatic heterocycles. The lowest BCUT2D eigenvalue weighted by molar-refractivity contribution is 1.28. The topological polar surface area (TPSA) is 216 Å². The van der Waals surface area contributed by atoms with E-state index in [1.807, 2.05) is 24.3 Å². The van der Waals surface area contributed by atoms with Crippen LogP contribution in [0.3, 0.4) is 0 Å². The van der Waals surface area contributed by atoms with Crippen molar-refractivity contribution < 1.29 is 0 Å². The van der Waals surface area contributed by atoms with E-state index < -0.39 is 0 Å². The van der Waals surface area contributed by atoms with Gasteiger partial charge in [0.1, 0.15) is 24.3 Å². The fraction of sp³-hybridized carbons (Fsp3) is 0. The second-order valence-electron chi connectivity index (χ2n) is 11.9. The zero-order valence-electron chi connectivity index (χ0n) is 27.7. The van der Waals surface area contributed by atoms with Gasteiger partial charge in [-0.2, -0.15) is 42.1 Å². The number of hydrogen-bond donors (Lipinski definition) is 0. The first-order valence-corrected chi connectivity index (χ1v) is 15.9. The Hall–Kier alpha value is -9.16. The average Bonchev–Trinajstić information content (AvgIpc) is 3.72. The van der Waals surface area contributed by atoms with Gasteiger partial charge in [-0.3, -0.25) is 9.97 Å². The van der Waals surface area contributed by atoms with Crippen LogP contribution < -0.4 is 0 Å². The molecule has 0 amide bonds. The Kier molecular flexibility index (Phi) is 8.41. The molecule has 0 saturated heterocycles. The quantitative estimate of drug-likeness (QED) is 0.168. The van der Waals surface area contributed by atoms with E-state index in [1.54, 1.807) is 60.9 Å². The fourth-order valence-electron chi connectivity index (χ4n) is 6.83. The predicted octanol–water partition coefficient (Wildman–Crippen LogP) is 7.73.